The summed E-state index contributed by atoms with van der Waals surface area (Å²) in [5.74, 6) is -2.20. The third-order valence-electron chi connectivity index (χ3n) is 2.72. The Kier molecular flexibility index (Phi) is 4.75. The van der Waals surface area contributed by atoms with Gasteiger partial charge in [0, 0.05) is 16.8 Å². The first-order chi connectivity index (χ1) is 9.95. The molecule has 3 nitrogen and oxygen atoms in total. The van der Waals surface area contributed by atoms with Crippen molar-refractivity contribution in [3.8, 4) is 5.75 Å². The van der Waals surface area contributed by atoms with Gasteiger partial charge < -0.3 is 10.1 Å². The Balaban J connectivity index is 1.96. The minimum atomic E-state index is -0.856. The lowest BCUT2D eigenvalue weighted by atomic mass is 10.2. The lowest BCUT2D eigenvalue weighted by Crippen LogP contribution is -2.21. The Labute approximate surface area is 125 Å². The van der Waals surface area contributed by atoms with E-state index >= 15 is 0 Å². The number of anilines is 1. The van der Waals surface area contributed by atoms with Gasteiger partial charge in [-0.2, -0.15) is 0 Å². The van der Waals surface area contributed by atoms with Crippen molar-refractivity contribution in [2.24, 2.45) is 0 Å². The van der Waals surface area contributed by atoms with Crippen molar-refractivity contribution in [3.05, 3.63) is 58.6 Å². The van der Waals surface area contributed by atoms with Crippen LogP contribution in [0, 0.1) is 18.6 Å². The summed E-state index contributed by atoms with van der Waals surface area (Å²) in [6.07, 6.45) is 0. The number of amides is 1. The Bertz CT molecular complexity index is 677. The molecule has 0 aliphatic carbocycles. The van der Waals surface area contributed by atoms with Crippen molar-refractivity contribution >= 4 is 23.2 Å². The number of hydrogen-bond donors (Lipinski definition) is 1. The number of halogens is 3. The van der Waals surface area contributed by atoms with Gasteiger partial charge in [-0.25, -0.2) is 8.78 Å². The topological polar surface area (TPSA) is 38.3 Å². The zero-order valence-electron chi connectivity index (χ0n) is 11.1. The lowest BCUT2D eigenvalue weighted by molar-refractivity contribution is -0.118. The van der Waals surface area contributed by atoms with Crippen LogP contribution in [0.2, 0.25) is 5.02 Å². The number of benzene rings is 2. The van der Waals surface area contributed by atoms with Crippen LogP contribution in [0.4, 0.5) is 14.5 Å². The highest BCUT2D eigenvalue weighted by Crippen LogP contribution is 2.20. The summed E-state index contributed by atoms with van der Waals surface area (Å²) in [6, 6.07) is 7.89. The van der Waals surface area contributed by atoms with Gasteiger partial charge in [0.1, 0.15) is 5.82 Å². The second-order valence-corrected chi connectivity index (χ2v) is 4.81. The van der Waals surface area contributed by atoms with Gasteiger partial charge in [-0.15, -0.1) is 0 Å². The van der Waals surface area contributed by atoms with Crippen LogP contribution < -0.4 is 10.1 Å². The smallest absolute Gasteiger partial charge is 0.262 e. The molecule has 2 rings (SSSR count). The second-order valence-electron chi connectivity index (χ2n) is 4.37. The van der Waals surface area contributed by atoms with Gasteiger partial charge in [-0.05, 0) is 42.8 Å². The molecule has 2 aromatic carbocycles. The molecule has 0 saturated carbocycles. The van der Waals surface area contributed by atoms with Crippen LogP contribution in [0.15, 0.2) is 36.4 Å². The zero-order valence-corrected chi connectivity index (χ0v) is 11.9. The molecule has 6 heteroatoms. The molecule has 0 saturated heterocycles. The molecule has 0 aromatic heterocycles. The largest absolute Gasteiger partial charge is 0.481 e. The van der Waals surface area contributed by atoms with Crippen LogP contribution in [-0.2, 0) is 4.79 Å². The highest BCUT2D eigenvalue weighted by atomic mass is 35.5. The Hall–Kier alpha value is -2.14. The fourth-order valence-electron chi connectivity index (χ4n) is 1.69. The highest BCUT2D eigenvalue weighted by molar-refractivity contribution is 6.30. The molecule has 0 heterocycles. The molecule has 1 N–H and O–H groups in total. The molecule has 0 fully saturated rings. The van der Waals surface area contributed by atoms with Crippen molar-refractivity contribution in [3.63, 3.8) is 0 Å². The van der Waals surface area contributed by atoms with E-state index in [0.717, 1.165) is 17.7 Å². The summed E-state index contributed by atoms with van der Waals surface area (Å²) in [6.45, 7) is 1.41. The lowest BCUT2D eigenvalue weighted by Gasteiger charge is -2.10. The minimum Gasteiger partial charge on any atom is -0.481 e. The van der Waals surface area contributed by atoms with Gasteiger partial charge >= 0.3 is 0 Å². The van der Waals surface area contributed by atoms with Crippen molar-refractivity contribution in [1.82, 2.24) is 0 Å². The average Bonchev–Trinajstić information content (AvgIpc) is 2.41. The molecule has 2 aromatic rings. The number of ether oxygens (including phenoxy) is 1. The van der Waals surface area contributed by atoms with Gasteiger partial charge in [0.2, 0.25) is 0 Å². The monoisotopic (exact) mass is 311 g/mol. The van der Waals surface area contributed by atoms with Gasteiger partial charge in [0.05, 0.1) is 0 Å². The van der Waals surface area contributed by atoms with Crippen LogP contribution in [0.3, 0.4) is 0 Å². The Morgan fingerprint density at radius 1 is 1.24 bits per heavy atom. The molecular weight excluding hydrogens is 300 g/mol. The predicted octanol–water partition coefficient (Wildman–Crippen LogP) is 3.94. The summed E-state index contributed by atoms with van der Waals surface area (Å²) in [4.78, 5) is 11.7. The van der Waals surface area contributed by atoms with Crippen molar-refractivity contribution in [2.45, 2.75) is 6.92 Å². The molecule has 21 heavy (non-hydrogen) atoms. The van der Waals surface area contributed by atoms with Crippen LogP contribution in [0.1, 0.15) is 5.56 Å². The van der Waals surface area contributed by atoms with Crippen LogP contribution in [-0.4, -0.2) is 12.5 Å². The molecule has 110 valence electrons. The van der Waals surface area contributed by atoms with E-state index in [9.17, 15) is 13.6 Å². The molecule has 1 amide bonds. The standard InChI is InChI=1S/C15H12ClF2NO2/c1-9-6-10(16)2-4-13(9)19-15(20)8-21-14-5-3-11(17)7-12(14)18/h2-7H,8H2,1H3,(H,19,20). The number of carbonyl (C=O) groups is 1. The van der Waals surface area contributed by atoms with Crippen LogP contribution in [0.5, 0.6) is 5.75 Å². The summed E-state index contributed by atoms with van der Waals surface area (Å²) >= 11 is 5.82. The SMILES string of the molecule is Cc1cc(Cl)ccc1NC(=O)COc1ccc(F)cc1F. The Morgan fingerprint density at radius 2 is 2.00 bits per heavy atom. The van der Waals surface area contributed by atoms with E-state index in [-0.39, 0.29) is 12.4 Å². The van der Waals surface area contributed by atoms with E-state index < -0.39 is 17.5 Å². The summed E-state index contributed by atoms with van der Waals surface area (Å²) in [5, 5.41) is 3.18. The highest BCUT2D eigenvalue weighted by Gasteiger charge is 2.09. The first-order valence-corrected chi connectivity index (χ1v) is 6.47. The normalized spacial score (nSPS) is 10.3. The van der Waals surface area contributed by atoms with Crippen molar-refractivity contribution in [2.75, 3.05) is 11.9 Å². The maximum Gasteiger partial charge on any atom is 0.262 e. The minimum absolute atomic E-state index is 0.181. The molecule has 0 radical (unpaired) electrons. The van der Waals surface area contributed by atoms with E-state index in [0.29, 0.717) is 16.8 Å². The molecule has 0 spiro atoms. The fraction of sp³-hybridized carbons (Fsp3) is 0.133. The van der Waals surface area contributed by atoms with E-state index in [1.165, 1.54) is 0 Å². The molecule has 0 unspecified atom stereocenters. The second kappa shape index (κ2) is 6.54. The summed E-state index contributed by atoms with van der Waals surface area (Å²) in [7, 11) is 0. The third kappa shape index (κ3) is 4.16. The van der Waals surface area contributed by atoms with E-state index in [1.54, 1.807) is 25.1 Å². The van der Waals surface area contributed by atoms with Gasteiger partial charge in [-0.1, -0.05) is 11.6 Å². The number of carbonyl (C=O) groups excluding carboxylic acids is 1. The van der Waals surface area contributed by atoms with E-state index in [4.69, 9.17) is 16.3 Å². The quantitative estimate of drug-likeness (QED) is 0.928. The number of aryl methyl sites for hydroxylation is 1. The summed E-state index contributed by atoms with van der Waals surface area (Å²) < 4.78 is 31.1. The fourth-order valence-corrected chi connectivity index (χ4v) is 1.92. The van der Waals surface area contributed by atoms with Gasteiger partial charge in [0.25, 0.3) is 5.91 Å². The molecular formula is C15H12ClF2NO2. The Morgan fingerprint density at radius 3 is 2.67 bits per heavy atom. The van der Waals surface area contributed by atoms with Crippen LogP contribution in [0.25, 0.3) is 0 Å². The van der Waals surface area contributed by atoms with Crippen LogP contribution >= 0.6 is 11.6 Å². The van der Waals surface area contributed by atoms with E-state index in [1.807, 2.05) is 0 Å². The first-order valence-electron chi connectivity index (χ1n) is 6.09. The van der Waals surface area contributed by atoms with E-state index in [2.05, 4.69) is 5.32 Å². The zero-order chi connectivity index (χ0) is 15.4. The maximum atomic E-state index is 13.3. The number of hydrogen-bond acceptors (Lipinski definition) is 2. The third-order valence-corrected chi connectivity index (χ3v) is 2.95. The maximum absolute atomic E-state index is 13.3. The molecule has 0 aliphatic rings. The predicted molar refractivity (Wildman–Crippen MR) is 76.7 cm³/mol. The first kappa shape index (κ1) is 15.3. The van der Waals surface area contributed by atoms with Gasteiger partial charge in [0.15, 0.2) is 18.2 Å². The molecule has 0 atom stereocenters. The molecule has 0 aliphatic heterocycles. The van der Waals surface area contributed by atoms with Gasteiger partial charge in [-0.3, -0.25) is 4.79 Å². The number of rotatable bonds is 4. The van der Waals surface area contributed by atoms with Crippen molar-refractivity contribution in [1.29, 1.82) is 0 Å². The number of nitrogens with one attached hydrogen (secondary N) is 1. The molecule has 0 bridgehead atoms. The summed E-state index contributed by atoms with van der Waals surface area (Å²) in [5.41, 5.74) is 1.39. The van der Waals surface area contributed by atoms with Crippen molar-refractivity contribution < 1.29 is 18.3 Å². The average molecular weight is 312 g/mol.